The molecule has 0 aliphatic heterocycles. The highest BCUT2D eigenvalue weighted by atomic mass is 31.2. The Morgan fingerprint density at radius 3 is 2.41 bits per heavy atom. The number of aromatic nitrogens is 3. The third-order valence-electron chi connectivity index (χ3n) is 4.23. The van der Waals surface area contributed by atoms with Gasteiger partial charge in [0.15, 0.2) is 0 Å². The first kappa shape index (κ1) is 19.1. The van der Waals surface area contributed by atoms with Crippen LogP contribution < -0.4 is 15.4 Å². The second kappa shape index (κ2) is 7.89. The van der Waals surface area contributed by atoms with Crippen LogP contribution >= 0.6 is 7.14 Å². The molecule has 3 rings (SSSR count). The number of hydrogen-bond acceptors (Lipinski definition) is 6. The molecule has 0 spiro atoms. The molecule has 0 saturated carbocycles. The van der Waals surface area contributed by atoms with Gasteiger partial charge in [-0.05, 0) is 37.9 Å². The van der Waals surface area contributed by atoms with Crippen LogP contribution in [0.2, 0.25) is 0 Å². The maximum Gasteiger partial charge on any atom is 0.243 e. The Morgan fingerprint density at radius 2 is 1.74 bits per heavy atom. The first-order valence-corrected chi connectivity index (χ1v) is 11.2. The van der Waals surface area contributed by atoms with Crippen LogP contribution in [0.1, 0.15) is 11.3 Å². The van der Waals surface area contributed by atoms with Crippen molar-refractivity contribution in [3.8, 4) is 17.0 Å². The van der Waals surface area contributed by atoms with E-state index in [4.69, 9.17) is 4.74 Å². The Bertz CT molecular complexity index is 984. The first-order valence-electron chi connectivity index (χ1n) is 8.61. The molecule has 0 bridgehead atoms. The number of aryl methyl sites for hydroxylation is 1. The van der Waals surface area contributed by atoms with Crippen molar-refractivity contribution in [3.63, 3.8) is 0 Å². The number of benzene rings is 2. The molecule has 27 heavy (non-hydrogen) atoms. The second-order valence-electron chi connectivity index (χ2n) is 6.64. The smallest absolute Gasteiger partial charge is 0.243 e. The van der Waals surface area contributed by atoms with E-state index in [2.05, 4.69) is 20.5 Å². The molecule has 0 amide bonds. The van der Waals surface area contributed by atoms with E-state index in [9.17, 15) is 4.57 Å². The average Bonchev–Trinajstić information content (AvgIpc) is 2.67. The molecule has 3 aromatic rings. The van der Waals surface area contributed by atoms with Crippen molar-refractivity contribution >= 4 is 18.4 Å². The molecule has 0 aliphatic rings. The number of nitrogens with one attached hydrogen (secondary N) is 1. The van der Waals surface area contributed by atoms with Crippen molar-refractivity contribution in [2.75, 3.05) is 25.8 Å². The summed E-state index contributed by atoms with van der Waals surface area (Å²) in [5, 5.41) is 12.4. The maximum absolute atomic E-state index is 12.1. The fourth-order valence-corrected chi connectivity index (χ4v) is 3.57. The number of rotatable bonds is 6. The minimum absolute atomic E-state index is 0.447. The molecule has 1 aromatic heterocycles. The van der Waals surface area contributed by atoms with Crippen molar-refractivity contribution in [2.45, 2.75) is 13.5 Å². The van der Waals surface area contributed by atoms with E-state index in [1.54, 1.807) is 20.4 Å². The molecule has 0 fully saturated rings. The van der Waals surface area contributed by atoms with Crippen molar-refractivity contribution in [3.05, 3.63) is 59.8 Å². The van der Waals surface area contributed by atoms with Gasteiger partial charge in [-0.15, -0.1) is 10.2 Å². The number of methoxy groups -OCH3 is 1. The Balaban J connectivity index is 1.80. The molecule has 1 heterocycles. The van der Waals surface area contributed by atoms with E-state index in [0.29, 0.717) is 12.5 Å². The predicted octanol–water partition coefficient (Wildman–Crippen LogP) is 3.72. The minimum Gasteiger partial charge on any atom is -0.496 e. The molecule has 2 aromatic carbocycles. The molecule has 0 atom stereocenters. The van der Waals surface area contributed by atoms with Crippen LogP contribution in [0, 0.1) is 6.92 Å². The van der Waals surface area contributed by atoms with Crippen LogP contribution in [-0.4, -0.2) is 35.6 Å². The van der Waals surface area contributed by atoms with Gasteiger partial charge >= 0.3 is 0 Å². The Kier molecular flexibility index (Phi) is 5.57. The SMILES string of the molecule is COc1ccccc1-c1nc(NCc2ccc(P(C)(C)=O)cc2)nnc1C. The third-order valence-corrected chi connectivity index (χ3v) is 5.77. The summed E-state index contributed by atoms with van der Waals surface area (Å²) in [4.78, 5) is 4.61. The Labute approximate surface area is 159 Å². The Morgan fingerprint density at radius 1 is 1.04 bits per heavy atom. The first-order chi connectivity index (χ1) is 12.9. The van der Waals surface area contributed by atoms with Gasteiger partial charge in [0.25, 0.3) is 0 Å². The standard InChI is InChI=1S/C20H23N4O2P/c1-14-19(17-7-5-6-8-18(17)26-2)22-20(24-23-14)21-13-15-9-11-16(12-10-15)27(3,4)25/h5-12H,13H2,1-4H3,(H,21,22,24). The molecule has 0 unspecified atom stereocenters. The zero-order valence-corrected chi connectivity index (χ0v) is 16.8. The quantitative estimate of drug-likeness (QED) is 0.655. The molecule has 140 valence electrons. The van der Waals surface area contributed by atoms with Crippen LogP contribution in [0.5, 0.6) is 5.75 Å². The highest BCUT2D eigenvalue weighted by molar-refractivity contribution is 7.70. The van der Waals surface area contributed by atoms with E-state index >= 15 is 0 Å². The summed E-state index contributed by atoms with van der Waals surface area (Å²) < 4.78 is 17.5. The van der Waals surface area contributed by atoms with Gasteiger partial charge in [-0.3, -0.25) is 0 Å². The van der Waals surface area contributed by atoms with Crippen LogP contribution in [0.3, 0.4) is 0 Å². The van der Waals surface area contributed by atoms with Gasteiger partial charge < -0.3 is 14.6 Å². The van der Waals surface area contributed by atoms with Gasteiger partial charge in [0.2, 0.25) is 5.95 Å². The van der Waals surface area contributed by atoms with E-state index in [1.807, 2.05) is 55.5 Å². The van der Waals surface area contributed by atoms with Crippen LogP contribution in [0.25, 0.3) is 11.3 Å². The number of anilines is 1. The van der Waals surface area contributed by atoms with Gasteiger partial charge in [-0.25, -0.2) is 4.98 Å². The van der Waals surface area contributed by atoms with E-state index in [-0.39, 0.29) is 0 Å². The zero-order valence-electron chi connectivity index (χ0n) is 15.9. The maximum atomic E-state index is 12.1. The van der Waals surface area contributed by atoms with Gasteiger partial charge in [0, 0.05) is 17.4 Å². The third kappa shape index (κ3) is 4.52. The largest absolute Gasteiger partial charge is 0.496 e. The van der Waals surface area contributed by atoms with Gasteiger partial charge in [-0.2, -0.15) is 0 Å². The summed E-state index contributed by atoms with van der Waals surface area (Å²) in [5.41, 5.74) is 3.39. The molecule has 7 heteroatoms. The number of para-hydroxylation sites is 1. The normalized spacial score (nSPS) is 11.3. The summed E-state index contributed by atoms with van der Waals surface area (Å²) >= 11 is 0. The summed E-state index contributed by atoms with van der Waals surface area (Å²) in [6.45, 7) is 5.96. The lowest BCUT2D eigenvalue weighted by Gasteiger charge is -2.11. The van der Waals surface area contributed by atoms with Crippen molar-refractivity contribution < 1.29 is 9.30 Å². The molecular formula is C20H23N4O2P. The van der Waals surface area contributed by atoms with Crippen molar-refractivity contribution in [2.24, 2.45) is 0 Å². The lowest BCUT2D eigenvalue weighted by molar-refractivity contribution is 0.416. The monoisotopic (exact) mass is 382 g/mol. The number of nitrogens with zero attached hydrogens (tertiary/aromatic N) is 3. The lowest BCUT2D eigenvalue weighted by Crippen LogP contribution is -2.08. The van der Waals surface area contributed by atoms with E-state index < -0.39 is 7.14 Å². The average molecular weight is 382 g/mol. The molecular weight excluding hydrogens is 359 g/mol. The van der Waals surface area contributed by atoms with Crippen LogP contribution in [-0.2, 0) is 11.1 Å². The molecule has 0 saturated heterocycles. The fourth-order valence-electron chi connectivity index (χ4n) is 2.70. The van der Waals surface area contributed by atoms with Gasteiger partial charge in [0.05, 0.1) is 12.8 Å². The summed E-state index contributed by atoms with van der Waals surface area (Å²) in [6.07, 6.45) is 0. The highest BCUT2D eigenvalue weighted by Gasteiger charge is 2.13. The molecule has 0 radical (unpaired) electrons. The molecule has 0 aliphatic carbocycles. The number of ether oxygens (including phenoxy) is 1. The topological polar surface area (TPSA) is 77.0 Å². The van der Waals surface area contributed by atoms with Crippen LogP contribution in [0.4, 0.5) is 5.95 Å². The summed E-state index contributed by atoms with van der Waals surface area (Å²) in [6, 6.07) is 15.4. The Hall–Kier alpha value is -2.72. The second-order valence-corrected chi connectivity index (χ2v) is 9.86. The minimum atomic E-state index is -2.24. The molecule has 1 N–H and O–H groups in total. The van der Waals surface area contributed by atoms with E-state index in [1.165, 1.54) is 0 Å². The van der Waals surface area contributed by atoms with Gasteiger partial charge in [-0.1, -0.05) is 36.4 Å². The predicted molar refractivity (Wildman–Crippen MR) is 109 cm³/mol. The summed E-state index contributed by atoms with van der Waals surface area (Å²) in [7, 11) is -0.600. The van der Waals surface area contributed by atoms with Crippen molar-refractivity contribution in [1.82, 2.24) is 15.2 Å². The van der Waals surface area contributed by atoms with Crippen LogP contribution in [0.15, 0.2) is 48.5 Å². The molecule has 6 nitrogen and oxygen atoms in total. The number of hydrogen-bond donors (Lipinski definition) is 1. The fraction of sp³-hybridized carbons (Fsp3) is 0.250. The lowest BCUT2D eigenvalue weighted by atomic mass is 10.1. The summed E-state index contributed by atoms with van der Waals surface area (Å²) in [5.74, 6) is 1.19. The highest BCUT2D eigenvalue weighted by Crippen LogP contribution is 2.34. The van der Waals surface area contributed by atoms with Gasteiger partial charge in [0.1, 0.15) is 18.6 Å². The van der Waals surface area contributed by atoms with E-state index in [0.717, 1.165) is 33.6 Å². The zero-order chi connectivity index (χ0) is 19.4. The van der Waals surface area contributed by atoms with Crippen molar-refractivity contribution in [1.29, 1.82) is 0 Å².